The number of hydrazine groups is 1. The van der Waals surface area contributed by atoms with E-state index >= 15 is 0 Å². The largest absolute Gasteiger partial charge is 0.462 e. The zero-order chi connectivity index (χ0) is 35.8. The molecule has 4 rings (SSSR count). The monoisotopic (exact) mass is 692 g/mol. The summed E-state index contributed by atoms with van der Waals surface area (Å²) in [5, 5.41) is 12.3. The van der Waals surface area contributed by atoms with Gasteiger partial charge in [0, 0.05) is 18.9 Å². The Morgan fingerprint density at radius 3 is 2.31 bits per heavy atom. The fourth-order valence-corrected chi connectivity index (χ4v) is 11.0. The van der Waals surface area contributed by atoms with Gasteiger partial charge in [-0.2, -0.15) is 0 Å². The Kier molecular flexibility index (Phi) is 11.7. The van der Waals surface area contributed by atoms with Crippen molar-refractivity contribution in [2.45, 2.75) is 144 Å². The minimum atomic E-state index is -3.72. The van der Waals surface area contributed by atoms with Crippen LogP contribution < -0.4 is 10.3 Å². The van der Waals surface area contributed by atoms with Crippen LogP contribution in [0.3, 0.4) is 0 Å². The average molecular weight is 693 g/mol. The molecule has 0 radical (unpaired) electrons. The maximum absolute atomic E-state index is 13.8. The summed E-state index contributed by atoms with van der Waals surface area (Å²) in [6, 6.07) is 0. The highest BCUT2D eigenvalue weighted by molar-refractivity contribution is 7.88. The molecule has 0 bridgehead atoms. The van der Waals surface area contributed by atoms with Crippen LogP contribution in [0.2, 0.25) is 0 Å². The summed E-state index contributed by atoms with van der Waals surface area (Å²) in [4.78, 5) is 41.1. The summed E-state index contributed by atoms with van der Waals surface area (Å²) < 4.78 is 35.9. The van der Waals surface area contributed by atoms with Gasteiger partial charge in [0.2, 0.25) is 10.0 Å². The fourth-order valence-electron chi connectivity index (χ4n) is 10.7. The van der Waals surface area contributed by atoms with Crippen molar-refractivity contribution in [3.8, 4) is 0 Å². The van der Waals surface area contributed by atoms with E-state index in [9.17, 15) is 27.9 Å². The van der Waals surface area contributed by atoms with E-state index < -0.39 is 39.5 Å². The minimum absolute atomic E-state index is 0.0450. The summed E-state index contributed by atoms with van der Waals surface area (Å²) in [6.07, 6.45) is 8.92. The molecule has 4 aliphatic rings. The average Bonchev–Trinajstić information content (AvgIpc) is 3.25. The normalized spacial score (nSPS) is 38.5. The second-order valence-corrected chi connectivity index (χ2v) is 18.0. The number of fused-ring (bicyclic) bond motifs is 5. The van der Waals surface area contributed by atoms with Gasteiger partial charge in [-0.15, -0.1) is 4.83 Å². The molecule has 48 heavy (non-hydrogen) atoms. The molecular weight excluding hydrogens is 632 g/mol. The first-order valence-electron chi connectivity index (χ1n) is 18.0. The quantitative estimate of drug-likeness (QED) is 0.105. The second-order valence-electron chi connectivity index (χ2n) is 16.2. The Balaban J connectivity index is 1.75. The summed E-state index contributed by atoms with van der Waals surface area (Å²) in [7, 11) is -3.72. The van der Waals surface area contributed by atoms with Crippen molar-refractivity contribution >= 4 is 27.9 Å². The third-order valence-electron chi connectivity index (χ3n) is 12.9. The topological polar surface area (TPSA) is 148 Å². The lowest BCUT2D eigenvalue weighted by atomic mass is 9.36. The zero-order valence-electron chi connectivity index (χ0n) is 30.6. The molecule has 0 spiro atoms. The predicted molar refractivity (Wildman–Crippen MR) is 184 cm³/mol. The molecule has 0 aliphatic heterocycles. The molecule has 3 N–H and O–H groups in total. The first-order chi connectivity index (χ1) is 22.3. The maximum atomic E-state index is 13.8. The van der Waals surface area contributed by atoms with Crippen LogP contribution in [0.5, 0.6) is 0 Å². The Morgan fingerprint density at radius 2 is 1.71 bits per heavy atom. The maximum Gasteiger partial charge on any atom is 0.306 e. The van der Waals surface area contributed by atoms with Crippen molar-refractivity contribution in [3.05, 3.63) is 22.8 Å². The number of ether oxygens (including phenoxy) is 2. The van der Waals surface area contributed by atoms with E-state index in [4.69, 9.17) is 9.47 Å². The number of hydrogen-bond acceptors (Lipinski definition) is 8. The SMILES string of the molecule is CCCCC(=O)O[C@@H]1CC[C@@]2(C)[C@@H](CC[C@@]3(C)[C@H]2[C@H](O)C[C@H]2/C(=C(\CCC=C(C)C)C(=O)NNS(C)(=O)=O)[C@@H](OC(C)=O)C[C@@]23C)[C@@H]1C. The van der Waals surface area contributed by atoms with Gasteiger partial charge in [-0.25, -0.2) is 8.42 Å². The minimum Gasteiger partial charge on any atom is -0.462 e. The number of carbonyl (C=O) groups is 3. The number of esters is 2. The van der Waals surface area contributed by atoms with Gasteiger partial charge in [0.05, 0.1) is 12.4 Å². The van der Waals surface area contributed by atoms with Gasteiger partial charge in [-0.1, -0.05) is 52.7 Å². The third-order valence-corrected chi connectivity index (χ3v) is 13.4. The van der Waals surface area contributed by atoms with Crippen molar-refractivity contribution in [3.63, 3.8) is 0 Å². The Morgan fingerprint density at radius 1 is 1.02 bits per heavy atom. The standard InChI is InChI=1S/C37H60N2O8S/c1-10-11-15-31(42)47-29-17-18-35(6)26(23(29)4)16-19-36(7)33(35)28(41)20-27-32(30(46-24(5)40)21-37(27,36)8)25(14-12-13-22(2)3)34(43)38-39-48(9,44)45/h13,23,26-30,33,39,41H,10-12,14-21H2,1-9H3,(H,38,43)/b32-25-/t23-,26-,27-,28+,29+,30-,33-,35-,36-,37-/m0/s1. The first kappa shape index (κ1) is 38.6. The zero-order valence-corrected chi connectivity index (χ0v) is 31.4. The number of sulfonamides is 1. The predicted octanol–water partition coefficient (Wildman–Crippen LogP) is 5.90. The van der Waals surface area contributed by atoms with Gasteiger partial charge < -0.3 is 14.6 Å². The molecule has 4 fully saturated rings. The number of amides is 1. The van der Waals surface area contributed by atoms with Crippen LogP contribution in [0, 0.1) is 39.9 Å². The lowest BCUT2D eigenvalue weighted by molar-refractivity contribution is -0.236. The highest BCUT2D eigenvalue weighted by Crippen LogP contribution is 2.74. The summed E-state index contributed by atoms with van der Waals surface area (Å²) in [6.45, 7) is 16.5. The summed E-state index contributed by atoms with van der Waals surface area (Å²) in [5.41, 5.74) is 3.61. The van der Waals surface area contributed by atoms with Crippen LogP contribution in [0.15, 0.2) is 22.8 Å². The van der Waals surface area contributed by atoms with E-state index in [1.165, 1.54) is 6.92 Å². The van der Waals surface area contributed by atoms with E-state index in [-0.39, 0.29) is 46.6 Å². The van der Waals surface area contributed by atoms with E-state index in [0.29, 0.717) is 43.3 Å². The van der Waals surface area contributed by atoms with E-state index in [2.05, 4.69) is 44.9 Å². The third kappa shape index (κ3) is 7.43. The number of carbonyl (C=O) groups excluding carboxylic acids is 3. The van der Waals surface area contributed by atoms with E-state index in [1.54, 1.807) is 0 Å². The second kappa shape index (κ2) is 14.5. The summed E-state index contributed by atoms with van der Waals surface area (Å²) in [5.74, 6) is -1.00. The van der Waals surface area contributed by atoms with Gasteiger partial charge in [-0.05, 0) is 117 Å². The number of unbranched alkanes of at least 4 members (excludes halogenated alkanes) is 1. The van der Waals surface area contributed by atoms with Crippen LogP contribution in [-0.2, 0) is 33.9 Å². The van der Waals surface area contributed by atoms with Gasteiger partial charge in [-0.3, -0.25) is 19.8 Å². The van der Waals surface area contributed by atoms with E-state index in [1.807, 2.05) is 19.9 Å². The molecule has 0 aromatic carbocycles. The Labute approximate surface area is 288 Å². The van der Waals surface area contributed by atoms with Crippen LogP contribution in [0.25, 0.3) is 0 Å². The number of rotatable bonds is 11. The molecule has 0 unspecified atom stereocenters. The van der Waals surface area contributed by atoms with Crippen molar-refractivity contribution in [1.29, 1.82) is 0 Å². The number of hydrogen-bond donors (Lipinski definition) is 3. The molecular formula is C37H60N2O8S. The van der Waals surface area contributed by atoms with Crippen LogP contribution in [0.1, 0.15) is 126 Å². The van der Waals surface area contributed by atoms with Crippen molar-refractivity contribution in [1.82, 2.24) is 10.3 Å². The van der Waals surface area contributed by atoms with E-state index in [0.717, 1.165) is 50.4 Å². The Bertz CT molecular complexity index is 1420. The molecule has 10 nitrogen and oxygen atoms in total. The number of allylic oxidation sites excluding steroid dienone is 2. The van der Waals surface area contributed by atoms with Crippen LogP contribution in [-0.4, -0.2) is 55.9 Å². The van der Waals surface area contributed by atoms with Crippen LogP contribution in [0.4, 0.5) is 0 Å². The lowest BCUT2D eigenvalue weighted by Gasteiger charge is -2.69. The summed E-state index contributed by atoms with van der Waals surface area (Å²) >= 11 is 0. The van der Waals surface area contributed by atoms with Gasteiger partial charge in [0.25, 0.3) is 5.91 Å². The molecule has 0 heterocycles. The van der Waals surface area contributed by atoms with Crippen LogP contribution >= 0.6 is 0 Å². The molecule has 0 saturated heterocycles. The highest BCUT2D eigenvalue weighted by Gasteiger charge is 2.71. The molecule has 11 heteroatoms. The van der Waals surface area contributed by atoms with Crippen molar-refractivity contribution in [2.24, 2.45) is 39.9 Å². The molecule has 0 aromatic rings. The first-order valence-corrected chi connectivity index (χ1v) is 19.9. The number of nitrogens with one attached hydrogen (secondary N) is 2. The molecule has 1 amide bonds. The lowest BCUT2D eigenvalue weighted by Crippen LogP contribution is -2.65. The molecule has 10 atom stereocenters. The molecule has 272 valence electrons. The molecule has 4 aliphatic carbocycles. The van der Waals surface area contributed by atoms with Gasteiger partial charge >= 0.3 is 11.9 Å². The van der Waals surface area contributed by atoms with Crippen molar-refractivity contribution < 1.29 is 37.4 Å². The molecule has 4 saturated carbocycles. The number of aliphatic hydroxyl groups excluding tert-OH is 1. The smallest absolute Gasteiger partial charge is 0.306 e. The molecule has 0 aromatic heterocycles. The number of aliphatic hydroxyl groups is 1. The Hall–Kier alpha value is -2.24. The fraction of sp³-hybridized carbons (Fsp3) is 0.811. The van der Waals surface area contributed by atoms with Gasteiger partial charge in [0.1, 0.15) is 12.2 Å². The van der Waals surface area contributed by atoms with Gasteiger partial charge in [0.15, 0.2) is 0 Å². The highest BCUT2D eigenvalue weighted by atomic mass is 32.2. The van der Waals surface area contributed by atoms with Crippen molar-refractivity contribution in [2.75, 3.05) is 6.26 Å².